The van der Waals surface area contributed by atoms with Crippen LogP contribution in [0, 0.1) is 0 Å². The fraction of sp³-hybridized carbons (Fsp3) is 0. The van der Waals surface area contributed by atoms with Crippen molar-refractivity contribution < 1.29 is 0 Å². The molecule has 194 valence electrons. The Balaban J connectivity index is 0.00000256. The van der Waals surface area contributed by atoms with Gasteiger partial charge in [0.1, 0.15) is 22.6 Å². The molecular formula is C32H21N8Sb. The number of nitrogens with zero attached hydrogens (tertiary/aromatic N) is 6. The Kier molecular flexibility index (Phi) is 5.27. The zero-order chi connectivity index (χ0) is 26.2. The quantitative estimate of drug-likeness (QED) is 0.207. The van der Waals surface area contributed by atoms with Gasteiger partial charge in [-0.25, -0.2) is 29.9 Å². The van der Waals surface area contributed by atoms with E-state index in [0.717, 1.165) is 43.8 Å². The summed E-state index contributed by atoms with van der Waals surface area (Å²) >= 11 is 0. The van der Waals surface area contributed by atoms with Crippen molar-refractivity contribution in [2.24, 2.45) is 0 Å². The third-order valence-corrected chi connectivity index (χ3v) is 7.46. The molecule has 9 rings (SSSR count). The predicted molar refractivity (Wildman–Crippen MR) is 166 cm³/mol. The molecule has 0 radical (unpaired) electrons. The van der Waals surface area contributed by atoms with Crippen LogP contribution in [0.4, 0.5) is 0 Å². The molecule has 3 aromatic heterocycles. The zero-order valence-corrected chi connectivity index (χ0v) is 25.7. The molecule has 0 saturated carbocycles. The summed E-state index contributed by atoms with van der Waals surface area (Å²) in [6, 6.07) is 32.2. The van der Waals surface area contributed by atoms with Crippen molar-refractivity contribution in [3.63, 3.8) is 0 Å². The molecule has 0 unspecified atom stereocenters. The molecule has 2 aliphatic rings. The van der Waals surface area contributed by atoms with Gasteiger partial charge in [-0.15, -0.1) is 0 Å². The van der Waals surface area contributed by atoms with E-state index in [-0.39, 0.29) is 24.4 Å². The van der Waals surface area contributed by atoms with Crippen LogP contribution in [0.1, 0.15) is 0 Å². The number of H-pyrrole nitrogens is 2. The van der Waals surface area contributed by atoms with Gasteiger partial charge < -0.3 is 9.97 Å². The topological polar surface area (TPSA) is 109 Å². The monoisotopic (exact) mass is 638 g/mol. The molecule has 0 atom stereocenters. The van der Waals surface area contributed by atoms with E-state index in [1.54, 1.807) is 0 Å². The standard InChI is InChI=1S/C32H18N8.Sb.3H/c1-2-10-18-17(9-1)25-33-26(18)38-28-21-13-5-6-14-22(21)30(35-28)40-32-24-16-8-7-15-23(24)31(36-32)39-29-20-12-4-3-11-19(20)27(34-29)37-25;;;;/h1-16H,(H2,33,34,35,36,37,38,39,40);;;;. The molecule has 0 aliphatic carbocycles. The summed E-state index contributed by atoms with van der Waals surface area (Å²) < 4.78 is 0. The molecule has 0 amide bonds. The van der Waals surface area contributed by atoms with Gasteiger partial charge in [0.2, 0.25) is 0 Å². The molecule has 41 heavy (non-hydrogen) atoms. The number of rotatable bonds is 0. The maximum Gasteiger partial charge on any atom is 0.164 e. The maximum absolute atomic E-state index is 5.02. The van der Waals surface area contributed by atoms with Crippen molar-refractivity contribution in [2.75, 3.05) is 0 Å². The SMILES string of the molecule is [SbH3].c1ccc2c(c1)-c1nc-2nc2[nH]c(nc3nc(nc4[nH]c(n1)c1ccccc41)-c1ccccc1-3)c1ccccc21. The molecule has 2 N–H and O–H groups in total. The van der Waals surface area contributed by atoms with Gasteiger partial charge in [-0.05, 0) is 0 Å². The number of benzene rings is 4. The van der Waals surface area contributed by atoms with Crippen molar-refractivity contribution in [3.05, 3.63) is 97.1 Å². The Hall–Kier alpha value is -4.94. The summed E-state index contributed by atoms with van der Waals surface area (Å²) in [5, 5.41) is 3.82. The number of aromatic nitrogens is 8. The van der Waals surface area contributed by atoms with Crippen molar-refractivity contribution in [1.82, 2.24) is 39.9 Å². The van der Waals surface area contributed by atoms with Crippen molar-refractivity contribution in [2.45, 2.75) is 0 Å². The van der Waals surface area contributed by atoms with Crippen LogP contribution < -0.4 is 0 Å². The molecule has 0 saturated heterocycles. The first kappa shape index (κ1) is 23.9. The minimum absolute atomic E-state index is 0. The summed E-state index contributed by atoms with van der Waals surface area (Å²) in [7, 11) is 0. The van der Waals surface area contributed by atoms with Gasteiger partial charge in [0.05, 0.1) is 0 Å². The summed E-state index contributed by atoms with van der Waals surface area (Å²) in [6.07, 6.45) is 0. The van der Waals surface area contributed by atoms with Gasteiger partial charge in [0.25, 0.3) is 0 Å². The fourth-order valence-corrected chi connectivity index (χ4v) is 5.59. The van der Waals surface area contributed by atoms with E-state index in [2.05, 4.69) is 9.97 Å². The number of nitrogens with one attached hydrogen (secondary N) is 2. The fourth-order valence-electron chi connectivity index (χ4n) is 5.59. The van der Waals surface area contributed by atoms with E-state index < -0.39 is 0 Å². The van der Waals surface area contributed by atoms with Crippen LogP contribution in [-0.2, 0) is 0 Å². The number of hydrogen-bond donors (Lipinski definition) is 2. The summed E-state index contributed by atoms with van der Waals surface area (Å²) in [5.41, 5.74) is 6.45. The number of hydrogen-bond acceptors (Lipinski definition) is 6. The Morgan fingerprint density at radius 2 is 0.561 bits per heavy atom. The molecule has 9 heteroatoms. The first-order valence-electron chi connectivity index (χ1n) is 13.0. The Morgan fingerprint density at radius 3 is 0.829 bits per heavy atom. The summed E-state index contributed by atoms with van der Waals surface area (Å²) in [4.78, 5) is 36.8. The molecule has 5 heterocycles. The Labute approximate surface area is 250 Å². The first-order valence-corrected chi connectivity index (χ1v) is 13.0. The molecule has 2 aliphatic heterocycles. The average Bonchev–Trinajstić information content (AvgIpc) is 3.73. The molecule has 7 aromatic rings. The third-order valence-electron chi connectivity index (χ3n) is 7.46. The van der Waals surface area contributed by atoms with Gasteiger partial charge in [-0.3, -0.25) is 0 Å². The van der Waals surface area contributed by atoms with Crippen molar-refractivity contribution in [3.8, 4) is 45.6 Å². The number of fused-ring (bicyclic) bond motifs is 20. The van der Waals surface area contributed by atoms with Crippen LogP contribution in [0.15, 0.2) is 97.1 Å². The third kappa shape index (κ3) is 3.61. The van der Waals surface area contributed by atoms with Gasteiger partial charge in [0.15, 0.2) is 23.3 Å². The van der Waals surface area contributed by atoms with Crippen LogP contribution in [0.3, 0.4) is 0 Å². The van der Waals surface area contributed by atoms with Crippen LogP contribution in [0.25, 0.3) is 89.7 Å². The second-order valence-corrected chi connectivity index (χ2v) is 9.79. The van der Waals surface area contributed by atoms with Crippen LogP contribution >= 0.6 is 0 Å². The van der Waals surface area contributed by atoms with E-state index in [0.29, 0.717) is 45.9 Å². The van der Waals surface area contributed by atoms with Crippen molar-refractivity contribution in [1.29, 1.82) is 0 Å². The van der Waals surface area contributed by atoms with Crippen LogP contribution in [-0.4, -0.2) is 64.3 Å². The van der Waals surface area contributed by atoms with E-state index in [9.17, 15) is 0 Å². The smallest absolute Gasteiger partial charge is 0.164 e. The largest absolute Gasteiger partial charge is 0.324 e. The van der Waals surface area contributed by atoms with Gasteiger partial charge >= 0.3 is 24.4 Å². The van der Waals surface area contributed by atoms with Gasteiger partial charge in [0, 0.05) is 43.8 Å². The Bertz CT molecular complexity index is 2030. The van der Waals surface area contributed by atoms with Crippen molar-refractivity contribution >= 4 is 68.6 Å². The molecule has 0 spiro atoms. The summed E-state index contributed by atoms with van der Waals surface area (Å²) in [6.45, 7) is 0. The van der Waals surface area contributed by atoms with E-state index in [4.69, 9.17) is 29.9 Å². The minimum atomic E-state index is 0. The molecule has 4 aromatic carbocycles. The molecule has 8 bridgehead atoms. The maximum atomic E-state index is 5.02. The van der Waals surface area contributed by atoms with E-state index >= 15 is 0 Å². The minimum Gasteiger partial charge on any atom is -0.324 e. The van der Waals surface area contributed by atoms with E-state index in [1.807, 2.05) is 97.1 Å². The van der Waals surface area contributed by atoms with E-state index in [1.165, 1.54) is 0 Å². The normalized spacial score (nSPS) is 11.7. The zero-order valence-electron chi connectivity index (χ0n) is 21.6. The molecule has 8 nitrogen and oxygen atoms in total. The number of aromatic amines is 2. The molecular weight excluding hydrogens is 618 g/mol. The van der Waals surface area contributed by atoms with Crippen LogP contribution in [0.5, 0.6) is 0 Å². The Morgan fingerprint density at radius 1 is 0.317 bits per heavy atom. The first-order chi connectivity index (χ1) is 19.8. The van der Waals surface area contributed by atoms with Gasteiger partial charge in [-0.2, -0.15) is 0 Å². The second-order valence-electron chi connectivity index (χ2n) is 9.79. The predicted octanol–water partition coefficient (Wildman–Crippen LogP) is 5.69. The summed E-state index contributed by atoms with van der Waals surface area (Å²) in [5.74, 6) is 2.39. The van der Waals surface area contributed by atoms with Crippen LogP contribution in [0.2, 0.25) is 0 Å². The average molecular weight is 639 g/mol. The van der Waals surface area contributed by atoms with Gasteiger partial charge in [-0.1, -0.05) is 97.1 Å². The molecule has 0 fully saturated rings. The second kappa shape index (κ2) is 9.04.